The van der Waals surface area contributed by atoms with Crippen molar-refractivity contribution in [3.63, 3.8) is 0 Å². The molecular formula is C16H30O10. The van der Waals surface area contributed by atoms with E-state index in [1.165, 1.54) is 13.8 Å². The fourth-order valence-electron chi connectivity index (χ4n) is 1.84. The molecule has 2 atom stereocenters. The molecule has 0 rings (SSSR count). The maximum absolute atomic E-state index is 11.7. The number of hydrogen-bond donors (Lipinski definition) is 0. The van der Waals surface area contributed by atoms with Crippen molar-refractivity contribution in [2.24, 2.45) is 0 Å². The lowest BCUT2D eigenvalue weighted by atomic mass is 10.3. The molecule has 10 heteroatoms. The second kappa shape index (κ2) is 12.7. The van der Waals surface area contributed by atoms with Gasteiger partial charge in [-0.2, -0.15) is 19.4 Å². The van der Waals surface area contributed by atoms with Gasteiger partial charge in [-0.1, -0.05) is 0 Å². The highest BCUT2D eigenvalue weighted by atomic mass is 17.3. The summed E-state index contributed by atoms with van der Waals surface area (Å²) >= 11 is 0. The van der Waals surface area contributed by atoms with Crippen LogP contribution in [0.3, 0.4) is 0 Å². The van der Waals surface area contributed by atoms with E-state index in [0.29, 0.717) is 13.2 Å². The minimum absolute atomic E-state index is 0.0202. The molecule has 26 heavy (non-hydrogen) atoms. The van der Waals surface area contributed by atoms with Gasteiger partial charge in [-0.25, -0.2) is 0 Å². The van der Waals surface area contributed by atoms with Gasteiger partial charge in [0.05, 0.1) is 0 Å². The van der Waals surface area contributed by atoms with Crippen LogP contribution in [0.1, 0.15) is 41.5 Å². The Kier molecular flexibility index (Phi) is 11.9. The van der Waals surface area contributed by atoms with E-state index in [2.05, 4.69) is 9.78 Å². The summed E-state index contributed by atoms with van der Waals surface area (Å²) in [5, 5.41) is 0. The van der Waals surface area contributed by atoms with Crippen molar-refractivity contribution in [2.75, 3.05) is 39.6 Å². The van der Waals surface area contributed by atoms with Gasteiger partial charge in [0, 0.05) is 40.3 Å². The third-order valence-electron chi connectivity index (χ3n) is 2.81. The summed E-state index contributed by atoms with van der Waals surface area (Å²) in [4.78, 5) is 32.0. The van der Waals surface area contributed by atoms with E-state index in [4.69, 9.17) is 28.4 Å². The van der Waals surface area contributed by atoms with E-state index < -0.39 is 23.9 Å². The molecule has 0 N–H and O–H groups in total. The van der Waals surface area contributed by atoms with E-state index in [9.17, 15) is 9.59 Å². The molecule has 10 nitrogen and oxygen atoms in total. The second-order valence-electron chi connectivity index (χ2n) is 5.28. The van der Waals surface area contributed by atoms with E-state index in [0.717, 1.165) is 0 Å². The van der Waals surface area contributed by atoms with Gasteiger partial charge >= 0.3 is 12.3 Å². The summed E-state index contributed by atoms with van der Waals surface area (Å²) in [7, 11) is 0. The van der Waals surface area contributed by atoms with Crippen molar-refractivity contribution in [1.29, 1.82) is 0 Å². The molecule has 0 aromatic rings. The molecule has 0 aliphatic heterocycles. The molecular weight excluding hydrogens is 352 g/mol. The van der Waals surface area contributed by atoms with Gasteiger partial charge in [-0.05, 0) is 27.7 Å². The number of ether oxygens (including phenoxy) is 6. The second-order valence-corrected chi connectivity index (χ2v) is 5.28. The average molecular weight is 382 g/mol. The van der Waals surface area contributed by atoms with Gasteiger partial charge in [0.25, 0.3) is 0 Å². The van der Waals surface area contributed by atoms with E-state index in [1.54, 1.807) is 27.7 Å². The van der Waals surface area contributed by atoms with Gasteiger partial charge < -0.3 is 28.4 Å². The van der Waals surface area contributed by atoms with Crippen molar-refractivity contribution in [3.8, 4) is 0 Å². The van der Waals surface area contributed by atoms with Crippen LogP contribution in [0.25, 0.3) is 0 Å². The summed E-state index contributed by atoms with van der Waals surface area (Å²) in [6.07, 6.45) is -2.58. The van der Waals surface area contributed by atoms with Crippen molar-refractivity contribution in [1.82, 2.24) is 0 Å². The van der Waals surface area contributed by atoms with Crippen LogP contribution in [0.5, 0.6) is 0 Å². The fraction of sp³-hybridized carbons (Fsp3) is 0.875. The Labute approximate surface area is 153 Å². The smallest absolute Gasteiger partial charge is 0.397 e. The Balaban J connectivity index is 4.51. The summed E-state index contributed by atoms with van der Waals surface area (Å²) in [5.41, 5.74) is 0. The maximum Gasteiger partial charge on any atom is 0.552 e. The van der Waals surface area contributed by atoms with E-state index in [1.807, 2.05) is 0 Å². The van der Waals surface area contributed by atoms with Crippen molar-refractivity contribution >= 4 is 12.3 Å². The number of hydrogen-bond acceptors (Lipinski definition) is 10. The molecule has 0 spiro atoms. The highest BCUT2D eigenvalue weighted by Crippen LogP contribution is 2.17. The van der Waals surface area contributed by atoms with Gasteiger partial charge in [-0.3, -0.25) is 0 Å². The SMILES string of the molecule is CCOCC(C)(OCC)OC(=O)OOC(=O)OC(C)(COCC)OCC. The van der Waals surface area contributed by atoms with Crippen molar-refractivity contribution in [2.45, 2.75) is 53.1 Å². The third-order valence-corrected chi connectivity index (χ3v) is 2.81. The summed E-state index contributed by atoms with van der Waals surface area (Å²) in [6, 6.07) is 0. The molecule has 0 aromatic carbocycles. The Morgan fingerprint density at radius 3 is 1.27 bits per heavy atom. The summed E-state index contributed by atoms with van der Waals surface area (Å²) in [5.74, 6) is -2.77. The van der Waals surface area contributed by atoms with Crippen molar-refractivity contribution in [3.05, 3.63) is 0 Å². The van der Waals surface area contributed by atoms with Crippen LogP contribution >= 0.6 is 0 Å². The monoisotopic (exact) mass is 382 g/mol. The minimum Gasteiger partial charge on any atom is -0.397 e. The molecule has 0 aliphatic rings. The predicted molar refractivity (Wildman–Crippen MR) is 88.2 cm³/mol. The number of carbonyl (C=O) groups is 2. The predicted octanol–water partition coefficient (Wildman–Crippen LogP) is 2.79. The normalized spacial score (nSPS) is 15.5. The number of carbonyl (C=O) groups excluding carboxylic acids is 2. The summed E-state index contributed by atoms with van der Waals surface area (Å²) in [6.45, 7) is 11.3. The zero-order chi connectivity index (χ0) is 20.1. The minimum atomic E-state index is -1.39. The molecule has 0 fully saturated rings. The van der Waals surface area contributed by atoms with Crippen LogP contribution in [0.15, 0.2) is 0 Å². The third kappa shape index (κ3) is 10.4. The maximum atomic E-state index is 11.7. The lowest BCUT2D eigenvalue weighted by Crippen LogP contribution is -2.41. The molecule has 0 saturated heterocycles. The Hall–Kier alpha value is -1.62. The highest BCUT2D eigenvalue weighted by Gasteiger charge is 2.34. The first-order valence-corrected chi connectivity index (χ1v) is 8.48. The van der Waals surface area contributed by atoms with Crippen LogP contribution in [0, 0.1) is 0 Å². The fourth-order valence-corrected chi connectivity index (χ4v) is 1.84. The highest BCUT2D eigenvalue weighted by molar-refractivity contribution is 5.64. The Morgan fingerprint density at radius 1 is 0.654 bits per heavy atom. The number of rotatable bonds is 12. The van der Waals surface area contributed by atoms with Crippen molar-refractivity contribution < 1.29 is 47.8 Å². The van der Waals surface area contributed by atoms with Crippen LogP contribution in [-0.2, 0) is 38.2 Å². The molecule has 0 amide bonds. The largest absolute Gasteiger partial charge is 0.552 e. The first-order valence-electron chi connectivity index (χ1n) is 8.48. The first-order chi connectivity index (χ1) is 12.2. The molecule has 0 aliphatic carbocycles. The lowest BCUT2D eigenvalue weighted by Gasteiger charge is -2.28. The van der Waals surface area contributed by atoms with Crippen LogP contribution < -0.4 is 0 Å². The molecule has 0 saturated carbocycles. The molecule has 2 unspecified atom stereocenters. The van der Waals surface area contributed by atoms with Gasteiger partial charge in [-0.15, -0.1) is 0 Å². The lowest BCUT2D eigenvalue weighted by molar-refractivity contribution is -0.290. The van der Waals surface area contributed by atoms with E-state index >= 15 is 0 Å². The standard InChI is InChI=1S/C16H30O10/c1-7-19-11-15(5,21-9-3)23-13(17)25-26-14(18)24-16(6,22-10-4)12-20-8-2/h7-12H2,1-6H3. The molecule has 0 radical (unpaired) electrons. The van der Waals surface area contributed by atoms with Crippen LogP contribution in [0.2, 0.25) is 0 Å². The van der Waals surface area contributed by atoms with E-state index in [-0.39, 0.29) is 26.4 Å². The molecule has 0 bridgehead atoms. The van der Waals surface area contributed by atoms with Gasteiger partial charge in [0.2, 0.25) is 11.6 Å². The Bertz CT molecular complexity index is 378. The molecule has 0 heterocycles. The molecule has 0 aromatic heterocycles. The van der Waals surface area contributed by atoms with Crippen LogP contribution in [0.4, 0.5) is 9.59 Å². The van der Waals surface area contributed by atoms with Gasteiger partial charge in [0.15, 0.2) is 0 Å². The van der Waals surface area contributed by atoms with Crippen LogP contribution in [-0.4, -0.2) is 63.5 Å². The average Bonchev–Trinajstić information content (AvgIpc) is 2.57. The zero-order valence-electron chi connectivity index (χ0n) is 16.3. The topological polar surface area (TPSA) is 108 Å². The summed E-state index contributed by atoms with van der Waals surface area (Å²) < 4.78 is 30.9. The first kappa shape index (κ1) is 24.4. The molecule has 154 valence electrons. The quantitative estimate of drug-likeness (QED) is 0.216. The zero-order valence-corrected chi connectivity index (χ0v) is 16.3. The van der Waals surface area contributed by atoms with Gasteiger partial charge in [0.1, 0.15) is 13.2 Å². The Morgan fingerprint density at radius 2 is 1.00 bits per heavy atom.